The maximum absolute atomic E-state index is 5.52. The molecule has 0 amide bonds. The van der Waals surface area contributed by atoms with Gasteiger partial charge in [-0.1, -0.05) is 0 Å². The molecule has 2 aromatic heterocycles. The number of nitrogens with one attached hydrogen (secondary N) is 1. The summed E-state index contributed by atoms with van der Waals surface area (Å²) >= 11 is 3.39. The summed E-state index contributed by atoms with van der Waals surface area (Å²) in [5.41, 5.74) is 3.44. The van der Waals surface area contributed by atoms with Crippen molar-refractivity contribution in [2.75, 3.05) is 0 Å². The predicted octanol–water partition coefficient (Wildman–Crippen LogP) is 1.69. The van der Waals surface area contributed by atoms with Gasteiger partial charge >= 0.3 is 0 Å². The summed E-state index contributed by atoms with van der Waals surface area (Å²) < 4.78 is 6.22. The molecule has 6 heteroatoms. The number of aromatic nitrogens is 2. The number of hydrazine groups is 1. The van der Waals surface area contributed by atoms with Crippen LogP contribution < -0.4 is 11.3 Å². The maximum atomic E-state index is 5.52. The lowest BCUT2D eigenvalue weighted by atomic mass is 10.1. The van der Waals surface area contributed by atoms with Gasteiger partial charge in [0, 0.05) is 6.20 Å². The molecule has 16 heavy (non-hydrogen) atoms. The van der Waals surface area contributed by atoms with Crippen molar-refractivity contribution in [3.8, 4) is 0 Å². The largest absolute Gasteiger partial charge is 0.466 e. The van der Waals surface area contributed by atoms with Crippen LogP contribution in [0.15, 0.2) is 33.5 Å². The molecule has 0 radical (unpaired) electrons. The van der Waals surface area contributed by atoms with E-state index in [9.17, 15) is 0 Å². The van der Waals surface area contributed by atoms with Crippen LogP contribution in [0.3, 0.4) is 0 Å². The average Bonchev–Trinajstić information content (AvgIpc) is 2.67. The lowest BCUT2D eigenvalue weighted by molar-refractivity contribution is 0.444. The van der Waals surface area contributed by atoms with Gasteiger partial charge in [0.25, 0.3) is 0 Å². The van der Waals surface area contributed by atoms with Gasteiger partial charge in [-0.15, -0.1) is 0 Å². The minimum atomic E-state index is -0.286. The molecule has 3 N–H and O–H groups in total. The topological polar surface area (TPSA) is 77.0 Å². The Morgan fingerprint density at radius 2 is 2.31 bits per heavy atom. The second kappa shape index (κ2) is 4.73. The van der Waals surface area contributed by atoms with E-state index in [1.807, 2.05) is 13.0 Å². The lowest BCUT2D eigenvalue weighted by Crippen LogP contribution is -2.29. The molecule has 0 aliphatic rings. The van der Waals surface area contributed by atoms with Gasteiger partial charge in [0.15, 0.2) is 0 Å². The third-order valence-electron chi connectivity index (χ3n) is 2.17. The minimum absolute atomic E-state index is 0.286. The number of furan rings is 1. The van der Waals surface area contributed by atoms with Crippen molar-refractivity contribution in [2.24, 2.45) is 5.84 Å². The van der Waals surface area contributed by atoms with E-state index in [4.69, 9.17) is 10.3 Å². The van der Waals surface area contributed by atoms with Crippen LogP contribution in [0.5, 0.6) is 0 Å². The maximum Gasteiger partial charge on any atom is 0.142 e. The summed E-state index contributed by atoms with van der Waals surface area (Å²) in [7, 11) is 0. The van der Waals surface area contributed by atoms with Gasteiger partial charge in [0.05, 0.1) is 16.4 Å². The molecule has 0 bridgehead atoms. The zero-order chi connectivity index (χ0) is 11.5. The van der Waals surface area contributed by atoms with E-state index in [1.165, 1.54) is 0 Å². The lowest BCUT2D eigenvalue weighted by Gasteiger charge is -2.13. The molecule has 0 saturated heterocycles. The van der Waals surface area contributed by atoms with Gasteiger partial charge in [-0.05, 0) is 35.0 Å². The highest BCUT2D eigenvalue weighted by Gasteiger charge is 2.20. The summed E-state index contributed by atoms with van der Waals surface area (Å²) in [5.74, 6) is 6.91. The summed E-state index contributed by atoms with van der Waals surface area (Å²) in [5, 5.41) is 0. The summed E-state index contributed by atoms with van der Waals surface area (Å²) in [4.78, 5) is 8.35. The molecule has 2 rings (SSSR count). The molecule has 84 valence electrons. The summed E-state index contributed by atoms with van der Waals surface area (Å²) in [6, 6.07) is 3.33. The first-order valence-corrected chi connectivity index (χ1v) is 5.50. The molecule has 0 fully saturated rings. The second-order valence-corrected chi connectivity index (χ2v) is 4.12. The van der Waals surface area contributed by atoms with Gasteiger partial charge in [-0.2, -0.15) is 0 Å². The van der Waals surface area contributed by atoms with Crippen molar-refractivity contribution < 1.29 is 4.42 Å². The summed E-state index contributed by atoms with van der Waals surface area (Å²) in [6.07, 6.45) is 3.29. The highest BCUT2D eigenvalue weighted by atomic mass is 79.9. The van der Waals surface area contributed by atoms with Gasteiger partial charge < -0.3 is 4.42 Å². The van der Waals surface area contributed by atoms with Crippen molar-refractivity contribution in [3.05, 3.63) is 46.3 Å². The highest BCUT2D eigenvalue weighted by Crippen LogP contribution is 2.27. The molecule has 2 heterocycles. The molecule has 1 unspecified atom stereocenters. The van der Waals surface area contributed by atoms with Crippen LogP contribution in [0, 0.1) is 6.92 Å². The molecule has 0 aliphatic heterocycles. The van der Waals surface area contributed by atoms with Gasteiger partial charge in [0.1, 0.15) is 17.6 Å². The van der Waals surface area contributed by atoms with Gasteiger partial charge in [-0.3, -0.25) is 5.84 Å². The van der Waals surface area contributed by atoms with E-state index in [1.54, 1.807) is 18.5 Å². The third-order valence-corrected chi connectivity index (χ3v) is 2.82. The molecule has 5 nitrogen and oxygen atoms in total. The van der Waals surface area contributed by atoms with E-state index in [0.29, 0.717) is 11.6 Å². The fraction of sp³-hybridized carbons (Fsp3) is 0.200. The Morgan fingerprint density at radius 1 is 1.50 bits per heavy atom. The first-order valence-electron chi connectivity index (χ1n) is 4.71. The number of halogens is 1. The Kier molecular flexibility index (Phi) is 3.33. The van der Waals surface area contributed by atoms with E-state index < -0.39 is 0 Å². The molecule has 0 saturated carbocycles. The minimum Gasteiger partial charge on any atom is -0.466 e. The Morgan fingerprint density at radius 3 is 2.88 bits per heavy atom. The third kappa shape index (κ3) is 2.13. The quantitative estimate of drug-likeness (QED) is 0.662. The standard InChI is InChI=1S/C10H11BrN4O/c1-6-13-4-2-8(14-6)9(15-12)10-7(11)3-5-16-10/h2-5,9,15H,12H2,1H3. The Labute approximate surface area is 101 Å². The monoisotopic (exact) mass is 282 g/mol. The van der Waals surface area contributed by atoms with Crippen LogP contribution >= 0.6 is 15.9 Å². The zero-order valence-electron chi connectivity index (χ0n) is 8.64. The smallest absolute Gasteiger partial charge is 0.142 e. The van der Waals surface area contributed by atoms with Crippen molar-refractivity contribution >= 4 is 15.9 Å². The fourth-order valence-corrected chi connectivity index (χ4v) is 1.87. The Balaban J connectivity index is 2.40. The van der Waals surface area contributed by atoms with Crippen LogP contribution in [-0.2, 0) is 0 Å². The zero-order valence-corrected chi connectivity index (χ0v) is 10.2. The molecule has 2 aromatic rings. The highest BCUT2D eigenvalue weighted by molar-refractivity contribution is 9.10. The van der Waals surface area contributed by atoms with Crippen LogP contribution in [-0.4, -0.2) is 9.97 Å². The Bertz CT molecular complexity index is 485. The Hall–Kier alpha value is -1.24. The number of rotatable bonds is 3. The normalized spacial score (nSPS) is 12.7. The van der Waals surface area contributed by atoms with E-state index >= 15 is 0 Å². The van der Waals surface area contributed by atoms with E-state index in [0.717, 1.165) is 10.2 Å². The number of hydrogen-bond acceptors (Lipinski definition) is 5. The van der Waals surface area contributed by atoms with Crippen LogP contribution in [0.4, 0.5) is 0 Å². The van der Waals surface area contributed by atoms with Crippen LogP contribution in [0.25, 0.3) is 0 Å². The molecule has 0 aliphatic carbocycles. The van der Waals surface area contributed by atoms with Crippen LogP contribution in [0.1, 0.15) is 23.3 Å². The van der Waals surface area contributed by atoms with Crippen molar-refractivity contribution in [1.82, 2.24) is 15.4 Å². The number of aryl methyl sites for hydroxylation is 1. The summed E-state index contributed by atoms with van der Waals surface area (Å²) in [6.45, 7) is 1.83. The SMILES string of the molecule is Cc1nccc(C(NN)c2occc2Br)n1. The fourth-order valence-electron chi connectivity index (χ4n) is 1.44. The van der Waals surface area contributed by atoms with E-state index in [2.05, 4.69) is 31.3 Å². The molecule has 0 spiro atoms. The molecule has 1 atom stereocenters. The second-order valence-electron chi connectivity index (χ2n) is 3.26. The molecular weight excluding hydrogens is 272 g/mol. The van der Waals surface area contributed by atoms with Gasteiger partial charge in [-0.25, -0.2) is 15.4 Å². The van der Waals surface area contributed by atoms with Crippen molar-refractivity contribution in [3.63, 3.8) is 0 Å². The van der Waals surface area contributed by atoms with Crippen molar-refractivity contribution in [1.29, 1.82) is 0 Å². The number of nitrogens with zero attached hydrogens (tertiary/aromatic N) is 2. The molecule has 0 aromatic carbocycles. The van der Waals surface area contributed by atoms with Crippen LogP contribution in [0.2, 0.25) is 0 Å². The number of nitrogens with two attached hydrogens (primary N) is 1. The van der Waals surface area contributed by atoms with Crippen molar-refractivity contribution in [2.45, 2.75) is 13.0 Å². The first-order chi connectivity index (χ1) is 7.72. The molecular formula is C10H11BrN4O. The van der Waals surface area contributed by atoms with E-state index in [-0.39, 0.29) is 6.04 Å². The number of hydrogen-bond donors (Lipinski definition) is 2. The predicted molar refractivity (Wildman–Crippen MR) is 62.3 cm³/mol. The van der Waals surface area contributed by atoms with Gasteiger partial charge in [0.2, 0.25) is 0 Å². The average molecular weight is 283 g/mol. The first kappa shape index (κ1) is 11.3.